The number of benzene rings is 1. The standard InChI is InChI=1S/C25H42N2O3S.Na/c1-3-4-5-6-7-8-9-10-11-12-13-14-15-16-17-21-24-26-22-19-18-20-23(31(28,29)30)25(22)27(24)2;/h18-20H,3-17,21H2,1-2H3,(H,28,29,30);. The minimum atomic E-state index is -4.25. The SMILES string of the molecule is CCCCCCCCCCCCCCCCCc1nc2cccc(S(=O)(=O)O)c2n1C.[Na]. The molecule has 2 aromatic rings. The minimum absolute atomic E-state index is 0. The Morgan fingerprint density at radius 1 is 0.812 bits per heavy atom. The Labute approximate surface area is 217 Å². The molecule has 0 aliphatic rings. The second-order valence-corrected chi connectivity index (χ2v) is 10.3. The van der Waals surface area contributed by atoms with E-state index in [1.807, 2.05) is 11.6 Å². The third kappa shape index (κ3) is 10.3. The molecule has 0 amide bonds. The number of para-hydroxylation sites is 1. The van der Waals surface area contributed by atoms with Gasteiger partial charge in [0.15, 0.2) is 0 Å². The van der Waals surface area contributed by atoms with Crippen molar-refractivity contribution >= 4 is 50.7 Å². The summed E-state index contributed by atoms with van der Waals surface area (Å²) in [5, 5.41) is 0. The average molecular weight is 474 g/mol. The van der Waals surface area contributed by atoms with Crippen LogP contribution in [0.15, 0.2) is 23.1 Å². The molecule has 1 aromatic heterocycles. The summed E-state index contributed by atoms with van der Waals surface area (Å²) < 4.78 is 34.5. The van der Waals surface area contributed by atoms with Crippen molar-refractivity contribution < 1.29 is 13.0 Å². The number of unbranched alkanes of at least 4 members (excludes halogenated alkanes) is 14. The Balaban J connectivity index is 0.00000512. The Kier molecular flexibility index (Phi) is 15.1. The maximum Gasteiger partial charge on any atom is 0.296 e. The summed E-state index contributed by atoms with van der Waals surface area (Å²) in [6, 6.07) is 4.84. The largest absolute Gasteiger partial charge is 0.330 e. The molecule has 5 nitrogen and oxygen atoms in total. The summed E-state index contributed by atoms with van der Waals surface area (Å²) in [5.41, 5.74) is 1.11. The number of hydrogen-bond donors (Lipinski definition) is 1. The Hall–Kier alpha value is -0.400. The second-order valence-electron chi connectivity index (χ2n) is 8.89. The van der Waals surface area contributed by atoms with Gasteiger partial charge in [-0.3, -0.25) is 4.55 Å². The summed E-state index contributed by atoms with van der Waals surface area (Å²) in [6.07, 6.45) is 20.9. The Morgan fingerprint density at radius 2 is 1.28 bits per heavy atom. The average Bonchev–Trinajstić information content (AvgIpc) is 3.06. The van der Waals surface area contributed by atoms with Gasteiger partial charge < -0.3 is 4.57 Å². The molecule has 7 heteroatoms. The van der Waals surface area contributed by atoms with E-state index in [0.717, 1.165) is 18.7 Å². The van der Waals surface area contributed by atoms with Crippen LogP contribution in [0.2, 0.25) is 0 Å². The zero-order chi connectivity index (χ0) is 22.5. The van der Waals surface area contributed by atoms with Crippen molar-refractivity contribution in [2.75, 3.05) is 0 Å². The Morgan fingerprint density at radius 3 is 1.75 bits per heavy atom. The van der Waals surface area contributed by atoms with Crippen LogP contribution in [-0.2, 0) is 23.6 Å². The molecule has 1 heterocycles. The number of aryl methyl sites for hydroxylation is 2. The third-order valence-electron chi connectivity index (χ3n) is 6.23. The van der Waals surface area contributed by atoms with Crippen LogP contribution >= 0.6 is 0 Å². The maximum absolute atomic E-state index is 11.6. The summed E-state index contributed by atoms with van der Waals surface area (Å²) >= 11 is 0. The molecule has 0 bridgehead atoms. The van der Waals surface area contributed by atoms with Gasteiger partial charge in [-0.05, 0) is 18.6 Å². The summed E-state index contributed by atoms with van der Waals surface area (Å²) in [4.78, 5) is 4.51. The quantitative estimate of drug-likeness (QED) is 0.155. The van der Waals surface area contributed by atoms with Crippen molar-refractivity contribution in [3.8, 4) is 0 Å². The van der Waals surface area contributed by atoms with Gasteiger partial charge in [-0.2, -0.15) is 8.42 Å². The first-order valence-electron chi connectivity index (χ1n) is 12.4. The summed E-state index contributed by atoms with van der Waals surface area (Å²) in [6.45, 7) is 2.27. The fourth-order valence-corrected chi connectivity index (χ4v) is 5.10. The zero-order valence-electron chi connectivity index (χ0n) is 20.6. The maximum atomic E-state index is 11.6. The molecule has 0 unspecified atom stereocenters. The molecule has 1 N–H and O–H groups in total. The fraction of sp³-hybridized carbons (Fsp3) is 0.720. The van der Waals surface area contributed by atoms with Gasteiger partial charge in [0.1, 0.15) is 10.7 Å². The van der Waals surface area contributed by atoms with Gasteiger partial charge >= 0.3 is 0 Å². The second kappa shape index (κ2) is 16.3. The first kappa shape index (κ1) is 29.6. The molecule has 177 valence electrons. The molecule has 0 saturated heterocycles. The van der Waals surface area contributed by atoms with E-state index in [-0.39, 0.29) is 34.5 Å². The van der Waals surface area contributed by atoms with E-state index in [4.69, 9.17) is 0 Å². The van der Waals surface area contributed by atoms with Crippen molar-refractivity contribution in [2.24, 2.45) is 7.05 Å². The topological polar surface area (TPSA) is 72.2 Å². The van der Waals surface area contributed by atoms with Crippen LogP contribution in [0.4, 0.5) is 0 Å². The molecular weight excluding hydrogens is 431 g/mol. The van der Waals surface area contributed by atoms with Crippen LogP contribution in [0.1, 0.15) is 109 Å². The van der Waals surface area contributed by atoms with Gasteiger partial charge in [-0.25, -0.2) is 4.98 Å². The minimum Gasteiger partial charge on any atom is -0.330 e. The van der Waals surface area contributed by atoms with Crippen LogP contribution in [0, 0.1) is 0 Å². The van der Waals surface area contributed by atoms with Crippen molar-refractivity contribution in [2.45, 2.75) is 115 Å². The van der Waals surface area contributed by atoms with E-state index in [1.165, 1.54) is 96.0 Å². The first-order valence-corrected chi connectivity index (χ1v) is 13.8. The molecule has 0 saturated carbocycles. The van der Waals surface area contributed by atoms with Crippen LogP contribution in [-0.4, -0.2) is 52.1 Å². The van der Waals surface area contributed by atoms with Crippen LogP contribution in [0.5, 0.6) is 0 Å². The summed E-state index contributed by atoms with van der Waals surface area (Å²) in [7, 11) is -2.43. The van der Waals surface area contributed by atoms with Gasteiger partial charge in [0, 0.05) is 43.0 Å². The van der Waals surface area contributed by atoms with Crippen LogP contribution < -0.4 is 0 Å². The fourth-order valence-electron chi connectivity index (χ4n) is 4.37. The number of nitrogens with zero attached hydrogens (tertiary/aromatic N) is 2. The van der Waals surface area contributed by atoms with Crippen LogP contribution in [0.25, 0.3) is 11.0 Å². The third-order valence-corrected chi connectivity index (χ3v) is 7.12. The van der Waals surface area contributed by atoms with E-state index < -0.39 is 10.1 Å². The van der Waals surface area contributed by atoms with Gasteiger partial charge in [-0.15, -0.1) is 0 Å². The van der Waals surface area contributed by atoms with Crippen molar-refractivity contribution in [3.05, 3.63) is 24.0 Å². The Bertz CT molecular complexity index is 881. The van der Waals surface area contributed by atoms with Gasteiger partial charge in [0.05, 0.1) is 11.0 Å². The molecule has 1 radical (unpaired) electrons. The molecule has 1 aromatic carbocycles. The van der Waals surface area contributed by atoms with Crippen molar-refractivity contribution in [1.29, 1.82) is 0 Å². The smallest absolute Gasteiger partial charge is 0.296 e. The molecule has 0 aliphatic heterocycles. The van der Waals surface area contributed by atoms with Gasteiger partial charge in [0.2, 0.25) is 0 Å². The molecule has 32 heavy (non-hydrogen) atoms. The summed E-state index contributed by atoms with van der Waals surface area (Å²) in [5.74, 6) is 0.876. The molecule has 0 aliphatic carbocycles. The monoisotopic (exact) mass is 473 g/mol. The predicted octanol–water partition coefficient (Wildman–Crippen LogP) is 6.85. The molecule has 0 fully saturated rings. The van der Waals surface area contributed by atoms with Crippen molar-refractivity contribution in [3.63, 3.8) is 0 Å². The van der Waals surface area contributed by atoms with E-state index in [1.54, 1.807) is 12.1 Å². The van der Waals surface area contributed by atoms with E-state index >= 15 is 0 Å². The van der Waals surface area contributed by atoms with Gasteiger partial charge in [0.25, 0.3) is 10.1 Å². The van der Waals surface area contributed by atoms with E-state index in [0.29, 0.717) is 11.0 Å². The molecular formula is C25H42N2NaO3S. The number of aromatic nitrogens is 2. The van der Waals surface area contributed by atoms with E-state index in [2.05, 4.69) is 11.9 Å². The number of hydrogen-bond acceptors (Lipinski definition) is 3. The van der Waals surface area contributed by atoms with Gasteiger partial charge in [-0.1, -0.05) is 103 Å². The van der Waals surface area contributed by atoms with Crippen molar-refractivity contribution in [1.82, 2.24) is 9.55 Å². The molecule has 2 rings (SSSR count). The molecule has 0 spiro atoms. The number of imidazole rings is 1. The van der Waals surface area contributed by atoms with E-state index in [9.17, 15) is 13.0 Å². The molecule has 0 atom stereocenters. The van der Waals surface area contributed by atoms with Crippen LogP contribution in [0.3, 0.4) is 0 Å². The first-order chi connectivity index (χ1) is 14.9. The predicted molar refractivity (Wildman–Crippen MR) is 135 cm³/mol. The number of rotatable bonds is 17. The number of fused-ring (bicyclic) bond motifs is 1. The zero-order valence-corrected chi connectivity index (χ0v) is 23.4. The normalized spacial score (nSPS) is 11.7.